The SMILES string of the molecule is COc1cc([C@H](CC(=O)NCCN2CCCC2)N2Cc3ccccc3C2=O)cc(OC)c1OC. The number of nitrogens with one attached hydrogen (secondary N) is 1. The number of rotatable bonds is 10. The number of amides is 2. The molecule has 2 aliphatic rings. The molecule has 4 rings (SSSR count). The smallest absolute Gasteiger partial charge is 0.255 e. The Morgan fingerprint density at radius 1 is 1.03 bits per heavy atom. The molecule has 182 valence electrons. The normalized spacial score (nSPS) is 16.3. The molecule has 0 unspecified atom stereocenters. The van der Waals surface area contributed by atoms with Crippen LogP contribution in [0.4, 0.5) is 0 Å². The van der Waals surface area contributed by atoms with E-state index in [-0.39, 0.29) is 18.2 Å². The largest absolute Gasteiger partial charge is 0.493 e. The van der Waals surface area contributed by atoms with E-state index in [0.29, 0.717) is 35.9 Å². The predicted octanol–water partition coefficient (Wildman–Crippen LogP) is 3.01. The minimum Gasteiger partial charge on any atom is -0.493 e. The van der Waals surface area contributed by atoms with Gasteiger partial charge in [0.05, 0.1) is 33.8 Å². The summed E-state index contributed by atoms with van der Waals surface area (Å²) in [6.45, 7) is 4.05. The number of ether oxygens (including phenoxy) is 3. The van der Waals surface area contributed by atoms with E-state index in [0.717, 1.165) is 30.8 Å². The van der Waals surface area contributed by atoms with E-state index < -0.39 is 6.04 Å². The number of carbonyl (C=O) groups is 2. The lowest BCUT2D eigenvalue weighted by molar-refractivity contribution is -0.122. The molecule has 1 saturated heterocycles. The average molecular weight is 468 g/mol. The molecule has 2 aromatic carbocycles. The Balaban J connectivity index is 1.59. The Bertz CT molecular complexity index is 1010. The zero-order valence-corrected chi connectivity index (χ0v) is 20.1. The van der Waals surface area contributed by atoms with Crippen molar-refractivity contribution in [2.45, 2.75) is 31.8 Å². The lowest BCUT2D eigenvalue weighted by Crippen LogP contribution is -2.37. The summed E-state index contributed by atoms with van der Waals surface area (Å²) in [6, 6.07) is 10.7. The van der Waals surface area contributed by atoms with Gasteiger partial charge in [-0.2, -0.15) is 0 Å². The van der Waals surface area contributed by atoms with Crippen LogP contribution in [0.15, 0.2) is 36.4 Å². The molecule has 34 heavy (non-hydrogen) atoms. The zero-order valence-electron chi connectivity index (χ0n) is 20.1. The predicted molar refractivity (Wildman–Crippen MR) is 128 cm³/mol. The van der Waals surface area contributed by atoms with Gasteiger partial charge in [-0.05, 0) is 55.3 Å². The summed E-state index contributed by atoms with van der Waals surface area (Å²) in [5.74, 6) is 1.26. The highest BCUT2D eigenvalue weighted by atomic mass is 16.5. The van der Waals surface area contributed by atoms with Gasteiger partial charge < -0.3 is 29.3 Å². The van der Waals surface area contributed by atoms with Crippen LogP contribution in [0.25, 0.3) is 0 Å². The van der Waals surface area contributed by atoms with Crippen LogP contribution in [0.2, 0.25) is 0 Å². The van der Waals surface area contributed by atoms with Crippen LogP contribution in [0, 0.1) is 0 Å². The molecule has 1 N–H and O–H groups in total. The quantitative estimate of drug-likeness (QED) is 0.579. The maximum Gasteiger partial charge on any atom is 0.255 e. The van der Waals surface area contributed by atoms with Crippen LogP contribution in [0.1, 0.15) is 46.8 Å². The highest BCUT2D eigenvalue weighted by Crippen LogP contribution is 2.42. The second-order valence-corrected chi connectivity index (χ2v) is 8.67. The Hall–Kier alpha value is -3.26. The Labute approximate surface area is 200 Å². The first-order chi connectivity index (χ1) is 16.5. The van der Waals surface area contributed by atoms with Gasteiger partial charge in [-0.3, -0.25) is 9.59 Å². The molecule has 0 radical (unpaired) electrons. The molecule has 0 aliphatic carbocycles. The highest BCUT2D eigenvalue weighted by Gasteiger charge is 2.35. The number of carbonyl (C=O) groups excluding carboxylic acids is 2. The van der Waals surface area contributed by atoms with Gasteiger partial charge in [-0.1, -0.05) is 18.2 Å². The monoisotopic (exact) mass is 467 g/mol. The third-order valence-electron chi connectivity index (χ3n) is 6.63. The second kappa shape index (κ2) is 10.8. The van der Waals surface area contributed by atoms with Gasteiger partial charge in [0.2, 0.25) is 11.7 Å². The van der Waals surface area contributed by atoms with Gasteiger partial charge in [0.25, 0.3) is 5.91 Å². The van der Waals surface area contributed by atoms with Crippen LogP contribution in [0.5, 0.6) is 17.2 Å². The highest BCUT2D eigenvalue weighted by molar-refractivity contribution is 5.98. The first kappa shape index (κ1) is 23.9. The number of fused-ring (bicyclic) bond motifs is 1. The zero-order chi connectivity index (χ0) is 24.1. The molecule has 0 saturated carbocycles. The standard InChI is InChI=1S/C26H33N3O5/c1-32-22-14-19(15-23(33-2)25(22)34-3)21(16-24(30)27-10-13-28-11-6-7-12-28)29-17-18-8-4-5-9-20(18)26(29)31/h4-5,8-9,14-15,21H,6-7,10-13,16-17H2,1-3H3,(H,27,30)/t21-/m0/s1. The van der Waals surface area contributed by atoms with Crippen LogP contribution in [-0.2, 0) is 11.3 Å². The van der Waals surface area contributed by atoms with Gasteiger partial charge in [-0.15, -0.1) is 0 Å². The number of hydrogen-bond donors (Lipinski definition) is 1. The van der Waals surface area contributed by atoms with Crippen LogP contribution < -0.4 is 19.5 Å². The van der Waals surface area contributed by atoms with Gasteiger partial charge in [0, 0.05) is 25.2 Å². The first-order valence-corrected chi connectivity index (χ1v) is 11.7. The first-order valence-electron chi connectivity index (χ1n) is 11.7. The fraction of sp³-hybridized carbons (Fsp3) is 0.462. The maximum absolute atomic E-state index is 13.3. The molecule has 1 fully saturated rings. The molecule has 8 nitrogen and oxygen atoms in total. The van der Waals surface area contributed by atoms with Crippen LogP contribution >= 0.6 is 0 Å². The topological polar surface area (TPSA) is 80.3 Å². The van der Waals surface area contributed by atoms with Crippen LogP contribution in [0.3, 0.4) is 0 Å². The average Bonchev–Trinajstić information content (AvgIpc) is 3.49. The molecule has 0 spiro atoms. The van der Waals surface area contributed by atoms with Crippen molar-refractivity contribution in [1.82, 2.24) is 15.1 Å². The van der Waals surface area contributed by atoms with Crippen molar-refractivity contribution in [3.8, 4) is 17.2 Å². The summed E-state index contributed by atoms with van der Waals surface area (Å²) >= 11 is 0. The molecule has 2 amide bonds. The number of hydrogen-bond acceptors (Lipinski definition) is 6. The van der Waals surface area contributed by atoms with E-state index in [1.165, 1.54) is 12.8 Å². The Morgan fingerprint density at radius 2 is 1.71 bits per heavy atom. The minimum atomic E-state index is -0.486. The van der Waals surface area contributed by atoms with Gasteiger partial charge in [0.1, 0.15) is 0 Å². The van der Waals surface area contributed by atoms with Crippen molar-refractivity contribution < 1.29 is 23.8 Å². The fourth-order valence-electron chi connectivity index (χ4n) is 4.84. The summed E-state index contributed by atoms with van der Waals surface area (Å²) < 4.78 is 16.5. The minimum absolute atomic E-state index is 0.0841. The molecule has 2 aliphatic heterocycles. The number of likely N-dealkylation sites (tertiary alicyclic amines) is 1. The van der Waals surface area contributed by atoms with Gasteiger partial charge >= 0.3 is 0 Å². The Kier molecular flexibility index (Phi) is 7.57. The Morgan fingerprint density at radius 3 is 2.32 bits per heavy atom. The molecule has 0 aromatic heterocycles. The lowest BCUT2D eigenvalue weighted by atomic mass is 10.00. The summed E-state index contributed by atoms with van der Waals surface area (Å²) in [5, 5.41) is 3.04. The van der Waals surface area contributed by atoms with E-state index in [2.05, 4.69) is 10.2 Å². The van der Waals surface area contributed by atoms with E-state index in [9.17, 15) is 9.59 Å². The second-order valence-electron chi connectivity index (χ2n) is 8.67. The number of methoxy groups -OCH3 is 3. The van der Waals surface area contributed by atoms with Gasteiger partial charge in [0.15, 0.2) is 11.5 Å². The third kappa shape index (κ3) is 4.97. The summed E-state index contributed by atoms with van der Waals surface area (Å²) in [7, 11) is 4.65. The fourth-order valence-corrected chi connectivity index (χ4v) is 4.84. The van der Waals surface area contributed by atoms with Crippen molar-refractivity contribution in [3.05, 3.63) is 53.1 Å². The van der Waals surface area contributed by atoms with Crippen molar-refractivity contribution in [1.29, 1.82) is 0 Å². The van der Waals surface area contributed by atoms with E-state index in [1.54, 1.807) is 26.2 Å². The molecular weight excluding hydrogens is 434 g/mol. The molecular formula is C26H33N3O5. The molecule has 1 atom stereocenters. The third-order valence-corrected chi connectivity index (χ3v) is 6.63. The van der Waals surface area contributed by atoms with E-state index in [1.807, 2.05) is 36.4 Å². The molecule has 2 heterocycles. The van der Waals surface area contributed by atoms with Crippen molar-refractivity contribution in [2.75, 3.05) is 47.5 Å². The van der Waals surface area contributed by atoms with Crippen molar-refractivity contribution in [2.24, 2.45) is 0 Å². The van der Waals surface area contributed by atoms with E-state index >= 15 is 0 Å². The molecule has 8 heteroatoms. The number of benzene rings is 2. The lowest BCUT2D eigenvalue weighted by Gasteiger charge is -2.29. The van der Waals surface area contributed by atoms with E-state index in [4.69, 9.17) is 14.2 Å². The molecule has 0 bridgehead atoms. The summed E-state index contributed by atoms with van der Waals surface area (Å²) in [6.07, 6.45) is 2.57. The summed E-state index contributed by atoms with van der Waals surface area (Å²) in [5.41, 5.74) is 2.39. The number of nitrogens with zero attached hydrogens (tertiary/aromatic N) is 2. The van der Waals surface area contributed by atoms with Crippen LogP contribution in [-0.4, -0.2) is 69.1 Å². The summed E-state index contributed by atoms with van der Waals surface area (Å²) in [4.78, 5) is 30.4. The van der Waals surface area contributed by atoms with Crippen molar-refractivity contribution >= 4 is 11.8 Å². The van der Waals surface area contributed by atoms with Crippen molar-refractivity contribution in [3.63, 3.8) is 0 Å². The maximum atomic E-state index is 13.3. The molecule has 2 aromatic rings. The van der Waals surface area contributed by atoms with Gasteiger partial charge in [-0.25, -0.2) is 0 Å².